The fourth-order valence-corrected chi connectivity index (χ4v) is 2.42. The molecule has 5 heteroatoms. The lowest BCUT2D eigenvalue weighted by Crippen LogP contribution is -2.40. The first-order valence-corrected chi connectivity index (χ1v) is 6.77. The van der Waals surface area contributed by atoms with Crippen molar-refractivity contribution in [3.05, 3.63) is 21.9 Å². The first-order valence-electron chi connectivity index (χ1n) is 5.96. The van der Waals surface area contributed by atoms with Crippen LogP contribution in [0.25, 0.3) is 0 Å². The van der Waals surface area contributed by atoms with Gasteiger partial charge < -0.3 is 9.64 Å². The lowest BCUT2D eigenvalue weighted by Gasteiger charge is -2.24. The highest BCUT2D eigenvalue weighted by atomic mass is 32.1. The van der Waals surface area contributed by atoms with Gasteiger partial charge in [-0.05, 0) is 32.4 Å². The van der Waals surface area contributed by atoms with E-state index in [-0.39, 0.29) is 18.5 Å². The third-order valence-corrected chi connectivity index (χ3v) is 3.85. The van der Waals surface area contributed by atoms with E-state index in [0.717, 1.165) is 6.42 Å². The van der Waals surface area contributed by atoms with Gasteiger partial charge in [0.15, 0.2) is 0 Å². The molecular weight excluding hydrogens is 250 g/mol. The number of thiophene rings is 1. The summed E-state index contributed by atoms with van der Waals surface area (Å²) >= 11 is 1.48. The van der Waals surface area contributed by atoms with E-state index in [2.05, 4.69) is 11.7 Å². The number of nitrogens with zero attached hydrogens (tertiary/aromatic N) is 1. The van der Waals surface area contributed by atoms with Gasteiger partial charge in [-0.25, -0.2) is 0 Å². The molecule has 0 spiro atoms. The second-order valence-electron chi connectivity index (χ2n) is 4.22. The van der Waals surface area contributed by atoms with Crippen molar-refractivity contribution in [2.75, 3.05) is 13.7 Å². The van der Waals surface area contributed by atoms with Crippen LogP contribution in [0.1, 0.15) is 35.3 Å². The molecule has 0 aliphatic rings. The fraction of sp³-hybridized carbons (Fsp3) is 0.538. The summed E-state index contributed by atoms with van der Waals surface area (Å²) in [4.78, 5) is 27.0. The molecule has 18 heavy (non-hydrogen) atoms. The van der Waals surface area contributed by atoms with E-state index in [0.29, 0.717) is 4.88 Å². The van der Waals surface area contributed by atoms with Crippen molar-refractivity contribution in [2.45, 2.75) is 33.2 Å². The molecule has 100 valence electrons. The average Bonchev–Trinajstić information content (AvgIpc) is 2.83. The van der Waals surface area contributed by atoms with Crippen molar-refractivity contribution in [3.63, 3.8) is 0 Å². The Bertz CT molecular complexity index is 426. The number of amides is 1. The van der Waals surface area contributed by atoms with Gasteiger partial charge in [0.25, 0.3) is 5.91 Å². The standard InChI is InChI=1S/C13H19NO3S/c1-5-10-6-7-11(18-10)13(16)14(9(2)3)8-12(15)17-4/h6-7,9H,5,8H2,1-4H3. The Morgan fingerprint density at radius 1 is 1.39 bits per heavy atom. The van der Waals surface area contributed by atoms with Gasteiger partial charge in [-0.3, -0.25) is 9.59 Å². The number of hydrogen-bond donors (Lipinski definition) is 0. The minimum absolute atomic E-state index is 0.00758. The van der Waals surface area contributed by atoms with Crippen LogP contribution in [0.3, 0.4) is 0 Å². The molecule has 0 unspecified atom stereocenters. The van der Waals surface area contributed by atoms with E-state index < -0.39 is 5.97 Å². The number of rotatable bonds is 5. The minimum atomic E-state index is -0.399. The molecular formula is C13H19NO3S. The lowest BCUT2D eigenvalue weighted by molar-refractivity contribution is -0.141. The van der Waals surface area contributed by atoms with E-state index in [1.54, 1.807) is 0 Å². The summed E-state index contributed by atoms with van der Waals surface area (Å²) in [6, 6.07) is 3.73. The van der Waals surface area contributed by atoms with Gasteiger partial charge in [0.2, 0.25) is 0 Å². The highest BCUT2D eigenvalue weighted by Gasteiger charge is 2.23. The zero-order chi connectivity index (χ0) is 13.7. The van der Waals surface area contributed by atoms with Crippen molar-refractivity contribution in [1.82, 2.24) is 4.90 Å². The van der Waals surface area contributed by atoms with Crippen LogP contribution in [0.2, 0.25) is 0 Å². The monoisotopic (exact) mass is 269 g/mol. The molecule has 0 saturated heterocycles. The number of hydrogen-bond acceptors (Lipinski definition) is 4. The Labute approximate surface area is 112 Å². The van der Waals surface area contributed by atoms with E-state index in [4.69, 9.17) is 0 Å². The molecule has 1 aromatic rings. The normalized spacial score (nSPS) is 10.5. The van der Waals surface area contributed by atoms with Crippen LogP contribution >= 0.6 is 11.3 Å². The number of ether oxygens (including phenoxy) is 1. The van der Waals surface area contributed by atoms with E-state index in [9.17, 15) is 9.59 Å². The maximum Gasteiger partial charge on any atom is 0.325 e. The maximum absolute atomic E-state index is 12.3. The lowest BCUT2D eigenvalue weighted by atomic mass is 10.3. The molecule has 1 rings (SSSR count). The first-order chi connectivity index (χ1) is 8.49. The summed E-state index contributed by atoms with van der Waals surface area (Å²) in [6.45, 7) is 5.81. The molecule has 1 heterocycles. The van der Waals surface area contributed by atoms with Gasteiger partial charge in [0, 0.05) is 10.9 Å². The maximum atomic E-state index is 12.3. The zero-order valence-electron chi connectivity index (χ0n) is 11.2. The van der Waals surface area contributed by atoms with E-state index in [1.807, 2.05) is 26.0 Å². The largest absolute Gasteiger partial charge is 0.468 e. The number of aryl methyl sites for hydroxylation is 1. The number of esters is 1. The van der Waals surface area contributed by atoms with Gasteiger partial charge in [-0.1, -0.05) is 6.92 Å². The van der Waals surface area contributed by atoms with Crippen LogP contribution in [0, 0.1) is 0 Å². The molecule has 0 aliphatic carbocycles. The van der Waals surface area contributed by atoms with Crippen molar-refractivity contribution in [3.8, 4) is 0 Å². The van der Waals surface area contributed by atoms with Crippen LogP contribution < -0.4 is 0 Å². The average molecular weight is 269 g/mol. The quantitative estimate of drug-likeness (QED) is 0.771. The first kappa shape index (κ1) is 14.7. The molecule has 0 aromatic carbocycles. The molecule has 0 radical (unpaired) electrons. The number of carbonyl (C=O) groups is 2. The smallest absolute Gasteiger partial charge is 0.325 e. The number of methoxy groups -OCH3 is 1. The highest BCUT2D eigenvalue weighted by molar-refractivity contribution is 7.14. The zero-order valence-corrected chi connectivity index (χ0v) is 12.0. The van der Waals surface area contributed by atoms with Crippen LogP contribution in [0.5, 0.6) is 0 Å². The van der Waals surface area contributed by atoms with Gasteiger partial charge in [-0.2, -0.15) is 0 Å². The summed E-state index contributed by atoms with van der Waals surface area (Å²) in [5, 5.41) is 0. The highest BCUT2D eigenvalue weighted by Crippen LogP contribution is 2.19. The third kappa shape index (κ3) is 3.57. The molecule has 1 amide bonds. The van der Waals surface area contributed by atoms with E-state index >= 15 is 0 Å². The summed E-state index contributed by atoms with van der Waals surface area (Å²) in [5.74, 6) is -0.510. The summed E-state index contributed by atoms with van der Waals surface area (Å²) in [5.41, 5.74) is 0. The molecule has 0 atom stereocenters. The van der Waals surface area contributed by atoms with Crippen LogP contribution in [-0.2, 0) is 16.0 Å². The Kier molecular flexibility index (Phi) is 5.34. The van der Waals surface area contributed by atoms with Crippen LogP contribution in [0.15, 0.2) is 12.1 Å². The molecule has 0 saturated carbocycles. The predicted molar refractivity (Wildman–Crippen MR) is 71.9 cm³/mol. The molecule has 0 aliphatic heterocycles. The Balaban J connectivity index is 2.85. The van der Waals surface area contributed by atoms with Crippen molar-refractivity contribution >= 4 is 23.2 Å². The summed E-state index contributed by atoms with van der Waals surface area (Å²) < 4.78 is 4.61. The Morgan fingerprint density at radius 3 is 2.50 bits per heavy atom. The van der Waals surface area contributed by atoms with Gasteiger partial charge in [-0.15, -0.1) is 11.3 Å². The topological polar surface area (TPSA) is 46.6 Å². The van der Waals surface area contributed by atoms with Gasteiger partial charge in [0.1, 0.15) is 6.54 Å². The molecule has 0 N–H and O–H groups in total. The molecule has 0 fully saturated rings. The molecule has 0 bridgehead atoms. The second kappa shape index (κ2) is 6.54. The SMILES string of the molecule is CCc1ccc(C(=O)N(CC(=O)OC)C(C)C)s1. The number of carbonyl (C=O) groups excluding carboxylic acids is 2. The van der Waals surface area contributed by atoms with Crippen LogP contribution in [0.4, 0.5) is 0 Å². The third-order valence-electron chi connectivity index (χ3n) is 2.63. The summed E-state index contributed by atoms with van der Waals surface area (Å²) in [7, 11) is 1.33. The van der Waals surface area contributed by atoms with E-state index in [1.165, 1.54) is 28.2 Å². The van der Waals surface area contributed by atoms with Crippen molar-refractivity contribution < 1.29 is 14.3 Å². The second-order valence-corrected chi connectivity index (χ2v) is 5.39. The fourth-order valence-electron chi connectivity index (χ4n) is 1.52. The van der Waals surface area contributed by atoms with Gasteiger partial charge in [0.05, 0.1) is 12.0 Å². The molecule has 4 nitrogen and oxygen atoms in total. The molecule has 1 aromatic heterocycles. The Hall–Kier alpha value is -1.36. The van der Waals surface area contributed by atoms with Crippen molar-refractivity contribution in [2.24, 2.45) is 0 Å². The van der Waals surface area contributed by atoms with Gasteiger partial charge >= 0.3 is 5.97 Å². The van der Waals surface area contributed by atoms with Crippen LogP contribution in [-0.4, -0.2) is 36.5 Å². The Morgan fingerprint density at radius 2 is 2.06 bits per heavy atom. The minimum Gasteiger partial charge on any atom is -0.468 e. The predicted octanol–water partition coefficient (Wildman–Crippen LogP) is 2.33. The summed E-state index contributed by atoms with van der Waals surface area (Å²) in [6.07, 6.45) is 0.913. The van der Waals surface area contributed by atoms with Crippen molar-refractivity contribution in [1.29, 1.82) is 0 Å².